The quantitative estimate of drug-likeness (QED) is 0.708. The van der Waals surface area contributed by atoms with Crippen molar-refractivity contribution in [2.75, 3.05) is 20.1 Å². The Kier molecular flexibility index (Phi) is 4.22. The second-order valence-electron chi connectivity index (χ2n) is 3.88. The maximum atomic E-state index is 11.7. The van der Waals surface area contributed by atoms with Crippen LogP contribution < -0.4 is 5.73 Å². The molecule has 1 aliphatic rings. The summed E-state index contributed by atoms with van der Waals surface area (Å²) in [4.78, 5) is 13.6. The summed E-state index contributed by atoms with van der Waals surface area (Å²) in [6, 6.07) is 0. The molecule has 3 nitrogen and oxygen atoms in total. The molecule has 1 rings (SSSR count). The van der Waals surface area contributed by atoms with E-state index in [4.69, 9.17) is 5.73 Å². The number of carbonyl (C=O) groups is 1. The van der Waals surface area contributed by atoms with Crippen LogP contribution in [-0.2, 0) is 4.79 Å². The van der Waals surface area contributed by atoms with E-state index in [9.17, 15) is 4.79 Å². The molecule has 1 saturated carbocycles. The molecular weight excluding hydrogens is 164 g/mol. The Bertz CT molecular complexity index is 164. The summed E-state index contributed by atoms with van der Waals surface area (Å²) in [6.07, 6.45) is 5.54. The van der Waals surface area contributed by atoms with Crippen LogP contribution >= 0.6 is 0 Å². The molecule has 1 aliphatic carbocycles. The van der Waals surface area contributed by atoms with E-state index in [1.165, 1.54) is 12.8 Å². The zero-order chi connectivity index (χ0) is 9.68. The van der Waals surface area contributed by atoms with Gasteiger partial charge in [0.05, 0.1) is 0 Å². The molecule has 1 fully saturated rings. The highest BCUT2D eigenvalue weighted by molar-refractivity contribution is 5.78. The number of carbonyl (C=O) groups excluding carboxylic acids is 1. The SMILES string of the molecule is CN(CCCN)C(=O)C1CCCC1. The summed E-state index contributed by atoms with van der Waals surface area (Å²) in [5, 5.41) is 0. The molecule has 76 valence electrons. The average molecular weight is 184 g/mol. The molecule has 0 heterocycles. The minimum atomic E-state index is 0.308. The Morgan fingerprint density at radius 2 is 2.08 bits per heavy atom. The van der Waals surface area contributed by atoms with Crippen molar-refractivity contribution in [3.63, 3.8) is 0 Å². The number of nitrogens with two attached hydrogens (primary N) is 1. The molecule has 0 aromatic heterocycles. The Morgan fingerprint density at radius 3 is 2.62 bits per heavy atom. The highest BCUT2D eigenvalue weighted by Crippen LogP contribution is 2.26. The van der Waals surface area contributed by atoms with Crippen molar-refractivity contribution in [3.8, 4) is 0 Å². The number of amides is 1. The second-order valence-corrected chi connectivity index (χ2v) is 3.88. The van der Waals surface area contributed by atoms with Gasteiger partial charge in [0.2, 0.25) is 5.91 Å². The van der Waals surface area contributed by atoms with Crippen LogP contribution in [0.25, 0.3) is 0 Å². The fourth-order valence-electron chi connectivity index (χ4n) is 1.92. The number of hydrogen-bond acceptors (Lipinski definition) is 2. The van der Waals surface area contributed by atoms with Crippen LogP contribution in [0.15, 0.2) is 0 Å². The maximum absolute atomic E-state index is 11.7. The molecule has 0 bridgehead atoms. The van der Waals surface area contributed by atoms with E-state index >= 15 is 0 Å². The molecule has 0 radical (unpaired) electrons. The van der Waals surface area contributed by atoms with Gasteiger partial charge in [-0.15, -0.1) is 0 Å². The van der Waals surface area contributed by atoms with Crippen molar-refractivity contribution >= 4 is 5.91 Å². The Hall–Kier alpha value is -0.570. The Balaban J connectivity index is 2.28. The van der Waals surface area contributed by atoms with Crippen molar-refractivity contribution in [3.05, 3.63) is 0 Å². The standard InChI is InChI=1S/C10H20N2O/c1-12(8-4-7-11)10(13)9-5-2-3-6-9/h9H,2-8,11H2,1H3. The zero-order valence-electron chi connectivity index (χ0n) is 8.46. The maximum Gasteiger partial charge on any atom is 0.225 e. The summed E-state index contributed by atoms with van der Waals surface area (Å²) < 4.78 is 0. The molecule has 0 aromatic carbocycles. The molecule has 0 atom stereocenters. The molecule has 0 spiro atoms. The smallest absolute Gasteiger partial charge is 0.225 e. The lowest BCUT2D eigenvalue weighted by Gasteiger charge is -2.20. The second kappa shape index (κ2) is 5.22. The number of rotatable bonds is 4. The van der Waals surface area contributed by atoms with Gasteiger partial charge in [0.1, 0.15) is 0 Å². The average Bonchev–Trinajstić information content (AvgIpc) is 2.65. The van der Waals surface area contributed by atoms with E-state index in [1.54, 1.807) is 0 Å². The number of nitrogens with zero attached hydrogens (tertiary/aromatic N) is 1. The van der Waals surface area contributed by atoms with Gasteiger partial charge in [-0.05, 0) is 25.8 Å². The van der Waals surface area contributed by atoms with Crippen molar-refractivity contribution in [1.29, 1.82) is 0 Å². The summed E-state index contributed by atoms with van der Waals surface area (Å²) in [5.74, 6) is 0.633. The number of hydrogen-bond donors (Lipinski definition) is 1. The van der Waals surface area contributed by atoms with Crippen LogP contribution in [0.4, 0.5) is 0 Å². The lowest BCUT2D eigenvalue weighted by atomic mass is 10.1. The van der Waals surface area contributed by atoms with Crippen molar-refractivity contribution < 1.29 is 4.79 Å². The minimum Gasteiger partial charge on any atom is -0.345 e. The summed E-state index contributed by atoms with van der Waals surface area (Å²) in [5.41, 5.74) is 5.39. The molecule has 1 amide bonds. The third-order valence-corrected chi connectivity index (χ3v) is 2.78. The zero-order valence-corrected chi connectivity index (χ0v) is 8.46. The van der Waals surface area contributed by atoms with Crippen LogP contribution in [0.1, 0.15) is 32.1 Å². The molecule has 0 unspecified atom stereocenters. The van der Waals surface area contributed by atoms with E-state index in [2.05, 4.69) is 0 Å². The largest absolute Gasteiger partial charge is 0.345 e. The van der Waals surface area contributed by atoms with E-state index in [1.807, 2.05) is 11.9 Å². The minimum absolute atomic E-state index is 0.308. The van der Waals surface area contributed by atoms with Gasteiger partial charge in [0.15, 0.2) is 0 Å². The summed E-state index contributed by atoms with van der Waals surface area (Å²) in [6.45, 7) is 1.48. The lowest BCUT2D eigenvalue weighted by Crippen LogP contribution is -2.33. The van der Waals surface area contributed by atoms with E-state index in [0.29, 0.717) is 18.4 Å². The highest BCUT2D eigenvalue weighted by atomic mass is 16.2. The van der Waals surface area contributed by atoms with E-state index in [0.717, 1.165) is 25.8 Å². The third-order valence-electron chi connectivity index (χ3n) is 2.78. The van der Waals surface area contributed by atoms with Crippen molar-refractivity contribution in [2.45, 2.75) is 32.1 Å². The molecular formula is C10H20N2O. The van der Waals surface area contributed by atoms with Gasteiger partial charge in [-0.1, -0.05) is 12.8 Å². The molecule has 2 N–H and O–H groups in total. The van der Waals surface area contributed by atoms with Crippen LogP contribution in [0.5, 0.6) is 0 Å². The van der Waals surface area contributed by atoms with Gasteiger partial charge in [0, 0.05) is 19.5 Å². The van der Waals surface area contributed by atoms with Crippen LogP contribution in [-0.4, -0.2) is 30.9 Å². The van der Waals surface area contributed by atoms with Crippen LogP contribution in [0.2, 0.25) is 0 Å². The van der Waals surface area contributed by atoms with Crippen molar-refractivity contribution in [1.82, 2.24) is 4.90 Å². The van der Waals surface area contributed by atoms with Gasteiger partial charge in [-0.3, -0.25) is 4.79 Å². The first kappa shape index (κ1) is 10.5. The van der Waals surface area contributed by atoms with Crippen molar-refractivity contribution in [2.24, 2.45) is 11.7 Å². The van der Waals surface area contributed by atoms with Gasteiger partial charge in [-0.2, -0.15) is 0 Å². The topological polar surface area (TPSA) is 46.3 Å². The van der Waals surface area contributed by atoms with Gasteiger partial charge in [-0.25, -0.2) is 0 Å². The fourth-order valence-corrected chi connectivity index (χ4v) is 1.92. The summed E-state index contributed by atoms with van der Waals surface area (Å²) in [7, 11) is 1.89. The van der Waals surface area contributed by atoms with Gasteiger partial charge >= 0.3 is 0 Å². The predicted octanol–water partition coefficient (Wildman–Crippen LogP) is 0.984. The lowest BCUT2D eigenvalue weighted by molar-refractivity contribution is -0.134. The predicted molar refractivity (Wildman–Crippen MR) is 53.3 cm³/mol. The van der Waals surface area contributed by atoms with Gasteiger partial charge in [0.25, 0.3) is 0 Å². The first-order valence-corrected chi connectivity index (χ1v) is 5.20. The fraction of sp³-hybridized carbons (Fsp3) is 0.900. The first-order chi connectivity index (χ1) is 6.25. The molecule has 13 heavy (non-hydrogen) atoms. The van der Waals surface area contributed by atoms with Gasteiger partial charge < -0.3 is 10.6 Å². The molecule has 0 aliphatic heterocycles. The van der Waals surface area contributed by atoms with Crippen LogP contribution in [0.3, 0.4) is 0 Å². The molecule has 3 heteroatoms. The third kappa shape index (κ3) is 2.99. The molecule has 0 saturated heterocycles. The Labute approximate surface area is 80.3 Å². The van der Waals surface area contributed by atoms with E-state index in [-0.39, 0.29) is 0 Å². The van der Waals surface area contributed by atoms with E-state index < -0.39 is 0 Å². The summed E-state index contributed by atoms with van der Waals surface area (Å²) >= 11 is 0. The molecule has 0 aromatic rings. The highest BCUT2D eigenvalue weighted by Gasteiger charge is 2.24. The Morgan fingerprint density at radius 1 is 1.46 bits per heavy atom. The van der Waals surface area contributed by atoms with Crippen LogP contribution in [0, 0.1) is 5.92 Å². The monoisotopic (exact) mass is 184 g/mol. The normalized spacial score (nSPS) is 17.7. The first-order valence-electron chi connectivity index (χ1n) is 5.20.